The lowest BCUT2D eigenvalue weighted by molar-refractivity contribution is 0.277. The molecule has 0 unspecified atom stereocenters. The first-order valence-electron chi connectivity index (χ1n) is 3.71. The Kier molecular flexibility index (Phi) is 3.84. The molecule has 0 amide bonds. The number of aliphatic hydroxyl groups excluding tert-OH is 1. The molecule has 0 bridgehead atoms. The molecule has 64 valence electrons. The third kappa shape index (κ3) is 2.68. The van der Waals surface area contributed by atoms with E-state index >= 15 is 0 Å². The van der Waals surface area contributed by atoms with E-state index < -0.39 is 0 Å². The lowest BCUT2D eigenvalue weighted by Crippen LogP contribution is -1.89. The van der Waals surface area contributed by atoms with Crippen molar-refractivity contribution in [1.82, 2.24) is 4.98 Å². The highest BCUT2D eigenvalue weighted by atomic mass is 32.1. The maximum Gasteiger partial charge on any atom is 0.0853 e. The average molecular weight is 181 g/mol. The number of hydrogen-bond donors (Lipinski definition) is 2. The van der Waals surface area contributed by atoms with Crippen molar-refractivity contribution in [3.63, 3.8) is 0 Å². The number of pyridine rings is 1. The highest BCUT2D eigenvalue weighted by molar-refractivity contribution is 7.80. The second-order valence-corrected chi connectivity index (χ2v) is 2.66. The Morgan fingerprint density at radius 3 is 3.00 bits per heavy atom. The summed E-state index contributed by atoms with van der Waals surface area (Å²) in [6.07, 6.45) is 3.79. The second kappa shape index (κ2) is 4.95. The van der Waals surface area contributed by atoms with Gasteiger partial charge in [-0.1, -0.05) is 12.1 Å². The number of aliphatic hydroxyl groups is 1. The zero-order valence-electron chi connectivity index (χ0n) is 6.64. The summed E-state index contributed by atoms with van der Waals surface area (Å²) < 4.78 is 0. The molecule has 1 aromatic rings. The van der Waals surface area contributed by atoms with Gasteiger partial charge in [-0.15, -0.1) is 0 Å². The van der Waals surface area contributed by atoms with Crippen LogP contribution in [0.15, 0.2) is 24.3 Å². The van der Waals surface area contributed by atoms with Crippen LogP contribution in [0.2, 0.25) is 0 Å². The molecule has 1 heterocycles. The fourth-order valence-corrected chi connectivity index (χ4v) is 0.958. The first kappa shape index (κ1) is 9.29. The summed E-state index contributed by atoms with van der Waals surface area (Å²) in [6, 6.07) is 5.55. The lowest BCUT2D eigenvalue weighted by atomic mass is 10.3. The average Bonchev–Trinajstić information content (AvgIpc) is 2.15. The van der Waals surface area contributed by atoms with E-state index in [0.29, 0.717) is 11.4 Å². The highest BCUT2D eigenvalue weighted by Crippen LogP contribution is 2.01. The van der Waals surface area contributed by atoms with E-state index in [1.807, 2.05) is 24.3 Å². The van der Waals surface area contributed by atoms with Gasteiger partial charge in [0, 0.05) is 5.75 Å². The molecule has 0 radical (unpaired) electrons. The smallest absolute Gasteiger partial charge is 0.0853 e. The van der Waals surface area contributed by atoms with Crippen LogP contribution in [0.25, 0.3) is 6.08 Å². The monoisotopic (exact) mass is 181 g/mol. The summed E-state index contributed by atoms with van der Waals surface area (Å²) in [5.41, 5.74) is 1.55. The van der Waals surface area contributed by atoms with Crippen LogP contribution in [0.4, 0.5) is 0 Å². The number of rotatable bonds is 3. The van der Waals surface area contributed by atoms with Crippen molar-refractivity contribution in [3.05, 3.63) is 35.7 Å². The van der Waals surface area contributed by atoms with Crippen LogP contribution < -0.4 is 0 Å². The van der Waals surface area contributed by atoms with Gasteiger partial charge in [0.25, 0.3) is 0 Å². The summed E-state index contributed by atoms with van der Waals surface area (Å²) in [5.74, 6) is 0.699. The molecule has 12 heavy (non-hydrogen) atoms. The topological polar surface area (TPSA) is 33.1 Å². The minimum absolute atomic E-state index is 0.0114. The van der Waals surface area contributed by atoms with Crippen molar-refractivity contribution >= 4 is 18.7 Å². The van der Waals surface area contributed by atoms with Gasteiger partial charge in [0.1, 0.15) is 0 Å². The molecule has 0 atom stereocenters. The van der Waals surface area contributed by atoms with Crippen molar-refractivity contribution in [2.45, 2.75) is 6.61 Å². The summed E-state index contributed by atoms with van der Waals surface area (Å²) in [6.45, 7) is -0.0114. The summed E-state index contributed by atoms with van der Waals surface area (Å²) in [5, 5.41) is 8.79. The van der Waals surface area contributed by atoms with Crippen molar-refractivity contribution in [2.24, 2.45) is 0 Å². The zero-order chi connectivity index (χ0) is 8.81. The minimum Gasteiger partial charge on any atom is -0.390 e. The van der Waals surface area contributed by atoms with E-state index in [4.69, 9.17) is 5.11 Å². The lowest BCUT2D eigenvalue weighted by Gasteiger charge is -1.96. The van der Waals surface area contributed by atoms with Crippen LogP contribution in [-0.4, -0.2) is 15.8 Å². The fraction of sp³-hybridized carbons (Fsp3) is 0.222. The van der Waals surface area contributed by atoms with E-state index in [9.17, 15) is 0 Å². The van der Waals surface area contributed by atoms with Gasteiger partial charge in [-0.25, -0.2) is 0 Å². The molecule has 0 fully saturated rings. The Morgan fingerprint density at radius 2 is 2.33 bits per heavy atom. The van der Waals surface area contributed by atoms with Gasteiger partial charge >= 0.3 is 0 Å². The summed E-state index contributed by atoms with van der Waals surface area (Å²) >= 11 is 4.04. The Balaban J connectivity index is 2.79. The summed E-state index contributed by atoms with van der Waals surface area (Å²) in [4.78, 5) is 4.16. The second-order valence-electron chi connectivity index (χ2n) is 2.30. The van der Waals surface area contributed by atoms with E-state index in [-0.39, 0.29) is 6.61 Å². The van der Waals surface area contributed by atoms with Gasteiger partial charge in [-0.3, -0.25) is 4.98 Å². The zero-order valence-corrected chi connectivity index (χ0v) is 7.54. The van der Waals surface area contributed by atoms with Crippen molar-refractivity contribution in [3.8, 4) is 0 Å². The third-order valence-corrected chi connectivity index (χ3v) is 1.60. The van der Waals surface area contributed by atoms with Crippen molar-refractivity contribution in [2.75, 3.05) is 5.75 Å². The molecule has 1 aromatic heterocycles. The maximum absolute atomic E-state index is 8.79. The number of nitrogens with zero attached hydrogens (tertiary/aromatic N) is 1. The van der Waals surface area contributed by atoms with Gasteiger partial charge < -0.3 is 5.11 Å². The number of thiol groups is 1. The van der Waals surface area contributed by atoms with Crippen molar-refractivity contribution < 1.29 is 5.11 Å². The van der Waals surface area contributed by atoms with E-state index in [0.717, 1.165) is 5.69 Å². The van der Waals surface area contributed by atoms with Crippen molar-refractivity contribution in [1.29, 1.82) is 0 Å². The maximum atomic E-state index is 8.79. The van der Waals surface area contributed by atoms with Crippen LogP contribution in [0.5, 0.6) is 0 Å². The predicted molar refractivity (Wildman–Crippen MR) is 53.0 cm³/mol. The number of aromatic nitrogens is 1. The molecule has 0 aromatic carbocycles. The standard InChI is InChI=1S/C9H11NOS/c11-7-9-4-1-3-8(10-9)5-2-6-12/h1-5,11-12H,6-7H2. The molecule has 2 nitrogen and oxygen atoms in total. The molecular formula is C9H11NOS. The van der Waals surface area contributed by atoms with Crippen LogP contribution in [0, 0.1) is 0 Å². The molecule has 1 N–H and O–H groups in total. The van der Waals surface area contributed by atoms with Gasteiger partial charge in [-0.05, 0) is 18.2 Å². The molecule has 0 saturated carbocycles. The Hall–Kier alpha value is -0.800. The Labute approximate surface area is 77.4 Å². The van der Waals surface area contributed by atoms with E-state index in [1.54, 1.807) is 6.07 Å². The number of hydrogen-bond acceptors (Lipinski definition) is 3. The van der Waals surface area contributed by atoms with Crippen LogP contribution in [0.1, 0.15) is 11.4 Å². The molecule has 1 rings (SSSR count). The van der Waals surface area contributed by atoms with Gasteiger partial charge in [-0.2, -0.15) is 12.6 Å². The van der Waals surface area contributed by atoms with Gasteiger partial charge in [0.05, 0.1) is 18.0 Å². The SMILES string of the molecule is OCc1cccc(C=CCS)n1. The summed E-state index contributed by atoms with van der Waals surface area (Å²) in [7, 11) is 0. The third-order valence-electron chi connectivity index (χ3n) is 1.38. The highest BCUT2D eigenvalue weighted by Gasteiger charge is 1.91. The molecule has 0 aliphatic rings. The Morgan fingerprint density at radius 1 is 1.50 bits per heavy atom. The van der Waals surface area contributed by atoms with Crippen LogP contribution in [-0.2, 0) is 6.61 Å². The van der Waals surface area contributed by atoms with E-state index in [2.05, 4.69) is 17.6 Å². The molecular weight excluding hydrogens is 170 g/mol. The van der Waals surface area contributed by atoms with Crippen LogP contribution >= 0.6 is 12.6 Å². The van der Waals surface area contributed by atoms with Gasteiger partial charge in [0.2, 0.25) is 0 Å². The molecule has 0 aliphatic carbocycles. The van der Waals surface area contributed by atoms with Crippen LogP contribution in [0.3, 0.4) is 0 Å². The largest absolute Gasteiger partial charge is 0.390 e. The normalized spacial score (nSPS) is 10.8. The molecule has 0 saturated heterocycles. The molecule has 3 heteroatoms. The van der Waals surface area contributed by atoms with Gasteiger partial charge in [0.15, 0.2) is 0 Å². The minimum atomic E-state index is -0.0114. The fourth-order valence-electron chi connectivity index (χ4n) is 0.852. The first-order valence-corrected chi connectivity index (χ1v) is 4.34. The molecule has 0 aliphatic heterocycles. The molecule has 0 spiro atoms. The Bertz CT molecular complexity index is 273. The quantitative estimate of drug-likeness (QED) is 0.693. The predicted octanol–water partition coefficient (Wildman–Crippen LogP) is 1.52. The first-order chi connectivity index (χ1) is 5.86. The van der Waals surface area contributed by atoms with E-state index in [1.165, 1.54) is 0 Å².